The first-order valence-electron chi connectivity index (χ1n) is 5.64. The Morgan fingerprint density at radius 2 is 2.05 bits per heavy atom. The molecule has 1 heterocycles. The summed E-state index contributed by atoms with van der Waals surface area (Å²) in [5, 5.41) is 3.71. The Kier molecular flexibility index (Phi) is 4.05. The molecule has 0 atom stereocenters. The number of halogens is 1. The molecule has 6 nitrogen and oxygen atoms in total. The molecule has 20 heavy (non-hydrogen) atoms. The van der Waals surface area contributed by atoms with Gasteiger partial charge in [-0.1, -0.05) is 5.16 Å². The van der Waals surface area contributed by atoms with Gasteiger partial charge in [-0.2, -0.15) is 0 Å². The summed E-state index contributed by atoms with van der Waals surface area (Å²) in [6.45, 7) is 3.46. The van der Waals surface area contributed by atoms with Gasteiger partial charge < -0.3 is 9.26 Å². The number of sulfonamides is 1. The molecule has 0 saturated heterocycles. The Labute approximate surface area is 125 Å². The summed E-state index contributed by atoms with van der Waals surface area (Å²) in [6, 6.07) is 4.68. The van der Waals surface area contributed by atoms with Gasteiger partial charge in [0.2, 0.25) is 5.88 Å². The highest BCUT2D eigenvalue weighted by Crippen LogP contribution is 2.29. The number of ether oxygens (including phenoxy) is 1. The lowest BCUT2D eigenvalue weighted by Gasteiger charge is -2.09. The fraction of sp³-hybridized carbons (Fsp3) is 0.250. The van der Waals surface area contributed by atoms with Crippen LogP contribution in [0.25, 0.3) is 0 Å². The van der Waals surface area contributed by atoms with E-state index in [1.54, 1.807) is 26.0 Å². The third-order valence-corrected chi connectivity index (χ3v) is 5.14. The van der Waals surface area contributed by atoms with Crippen LogP contribution in [-0.4, -0.2) is 20.7 Å². The number of benzene rings is 1. The summed E-state index contributed by atoms with van der Waals surface area (Å²) in [4.78, 5) is 0.0605. The van der Waals surface area contributed by atoms with Gasteiger partial charge in [0.1, 0.15) is 10.6 Å². The number of anilines is 1. The summed E-state index contributed by atoms with van der Waals surface area (Å²) >= 11 is 3.21. The van der Waals surface area contributed by atoms with Gasteiger partial charge in [0.25, 0.3) is 10.0 Å². The topological polar surface area (TPSA) is 81.4 Å². The largest absolute Gasteiger partial charge is 0.497 e. The maximum absolute atomic E-state index is 12.4. The van der Waals surface area contributed by atoms with Gasteiger partial charge in [-0.15, -0.1) is 0 Å². The van der Waals surface area contributed by atoms with Crippen molar-refractivity contribution in [2.24, 2.45) is 0 Å². The fourth-order valence-electron chi connectivity index (χ4n) is 1.50. The second kappa shape index (κ2) is 5.45. The number of hydrogen-bond donors (Lipinski definition) is 1. The third kappa shape index (κ3) is 2.80. The number of nitrogens with zero attached hydrogens (tertiary/aromatic N) is 1. The molecule has 0 amide bonds. The molecule has 2 rings (SSSR count). The molecule has 0 spiro atoms. The summed E-state index contributed by atoms with van der Waals surface area (Å²) in [5.41, 5.74) is 1.28. The summed E-state index contributed by atoms with van der Waals surface area (Å²) in [7, 11) is -2.33. The van der Waals surface area contributed by atoms with Crippen molar-refractivity contribution in [2.75, 3.05) is 11.8 Å². The van der Waals surface area contributed by atoms with Crippen LogP contribution in [0.1, 0.15) is 11.3 Å². The van der Waals surface area contributed by atoms with Crippen LogP contribution < -0.4 is 9.46 Å². The van der Waals surface area contributed by atoms with Crippen LogP contribution in [0.5, 0.6) is 5.75 Å². The summed E-state index contributed by atoms with van der Waals surface area (Å²) in [6.07, 6.45) is 0. The molecule has 1 aromatic heterocycles. The molecule has 0 saturated carbocycles. The maximum Gasteiger partial charge on any atom is 0.265 e. The van der Waals surface area contributed by atoms with Crippen molar-refractivity contribution in [1.29, 1.82) is 0 Å². The van der Waals surface area contributed by atoms with Crippen LogP contribution in [0.3, 0.4) is 0 Å². The van der Waals surface area contributed by atoms with Crippen LogP contribution in [0.4, 0.5) is 5.88 Å². The van der Waals surface area contributed by atoms with E-state index in [0.717, 1.165) is 0 Å². The van der Waals surface area contributed by atoms with Crippen LogP contribution in [0, 0.1) is 13.8 Å². The second-order valence-electron chi connectivity index (χ2n) is 4.12. The van der Waals surface area contributed by atoms with Crippen LogP contribution in [0.2, 0.25) is 0 Å². The number of aromatic nitrogens is 1. The van der Waals surface area contributed by atoms with E-state index in [1.165, 1.54) is 13.2 Å². The molecule has 2 aromatic rings. The first kappa shape index (κ1) is 14.9. The van der Waals surface area contributed by atoms with Crippen LogP contribution in [-0.2, 0) is 10.0 Å². The lowest BCUT2D eigenvalue weighted by molar-refractivity contribution is 0.413. The van der Waals surface area contributed by atoms with Gasteiger partial charge in [0, 0.05) is 16.1 Å². The standard InChI is InChI=1S/C12H13BrN2O4S/c1-7-8(2)14-19-12(7)15-20(16,17)11-6-9(18-3)4-5-10(11)13/h4-6,15H,1-3H3. The molecule has 0 unspecified atom stereocenters. The van der Waals surface area contributed by atoms with Gasteiger partial charge in [-0.25, -0.2) is 13.1 Å². The molecule has 108 valence electrons. The lowest BCUT2D eigenvalue weighted by atomic mass is 10.3. The van der Waals surface area contributed by atoms with E-state index in [9.17, 15) is 8.42 Å². The zero-order valence-electron chi connectivity index (χ0n) is 11.1. The smallest absolute Gasteiger partial charge is 0.265 e. The third-order valence-electron chi connectivity index (χ3n) is 2.81. The average Bonchev–Trinajstić information content (AvgIpc) is 2.70. The van der Waals surface area contributed by atoms with Crippen LogP contribution >= 0.6 is 15.9 Å². The van der Waals surface area contributed by atoms with E-state index in [1.807, 2.05) is 0 Å². The minimum absolute atomic E-state index is 0.0605. The van der Waals surface area contributed by atoms with E-state index in [4.69, 9.17) is 9.26 Å². The Bertz CT molecular complexity index is 740. The van der Waals surface area contributed by atoms with Crippen molar-refractivity contribution >= 4 is 31.8 Å². The van der Waals surface area contributed by atoms with Gasteiger partial charge >= 0.3 is 0 Å². The molecule has 1 N–H and O–H groups in total. The van der Waals surface area contributed by atoms with E-state index in [0.29, 0.717) is 21.5 Å². The first-order chi connectivity index (χ1) is 9.35. The minimum atomic E-state index is -3.80. The van der Waals surface area contributed by atoms with Crippen molar-refractivity contribution in [3.8, 4) is 5.75 Å². The first-order valence-corrected chi connectivity index (χ1v) is 7.92. The molecular weight excluding hydrogens is 348 g/mol. The lowest BCUT2D eigenvalue weighted by Crippen LogP contribution is -2.14. The molecule has 0 aliphatic rings. The highest BCUT2D eigenvalue weighted by Gasteiger charge is 2.22. The molecule has 1 aromatic carbocycles. The highest BCUT2D eigenvalue weighted by atomic mass is 79.9. The molecule has 0 fully saturated rings. The van der Waals surface area contributed by atoms with Crippen LogP contribution in [0.15, 0.2) is 32.1 Å². The van der Waals surface area contributed by atoms with Gasteiger partial charge in [0.05, 0.1) is 12.8 Å². The van der Waals surface area contributed by atoms with Crippen molar-refractivity contribution < 1.29 is 17.7 Å². The number of aryl methyl sites for hydroxylation is 1. The molecular formula is C12H13BrN2O4S. The van der Waals surface area contributed by atoms with Gasteiger partial charge in [0.15, 0.2) is 0 Å². The highest BCUT2D eigenvalue weighted by molar-refractivity contribution is 9.10. The zero-order valence-corrected chi connectivity index (χ0v) is 13.5. The number of hydrogen-bond acceptors (Lipinski definition) is 5. The second-order valence-corrected chi connectivity index (χ2v) is 6.63. The van der Waals surface area contributed by atoms with Crippen molar-refractivity contribution in [3.05, 3.63) is 33.9 Å². The Morgan fingerprint density at radius 1 is 1.35 bits per heavy atom. The number of methoxy groups -OCH3 is 1. The Balaban J connectivity index is 2.43. The van der Waals surface area contributed by atoms with Gasteiger partial charge in [-0.3, -0.25) is 0 Å². The Morgan fingerprint density at radius 3 is 2.60 bits per heavy atom. The molecule has 8 heteroatoms. The Hall–Kier alpha value is -1.54. The average molecular weight is 361 g/mol. The number of rotatable bonds is 4. The predicted octanol–water partition coefficient (Wildman–Crippen LogP) is 2.86. The van der Waals surface area contributed by atoms with E-state index < -0.39 is 10.0 Å². The molecule has 0 bridgehead atoms. The van der Waals surface area contributed by atoms with Crippen molar-refractivity contribution in [1.82, 2.24) is 5.16 Å². The monoisotopic (exact) mass is 360 g/mol. The SMILES string of the molecule is COc1ccc(Br)c(S(=O)(=O)Nc2onc(C)c2C)c1. The van der Waals surface area contributed by atoms with E-state index in [-0.39, 0.29) is 10.8 Å². The fourth-order valence-corrected chi connectivity index (χ4v) is 3.53. The van der Waals surface area contributed by atoms with Gasteiger partial charge in [-0.05, 0) is 41.9 Å². The maximum atomic E-state index is 12.4. The summed E-state index contributed by atoms with van der Waals surface area (Å²) < 4.78 is 37.5. The zero-order chi connectivity index (χ0) is 14.9. The quantitative estimate of drug-likeness (QED) is 0.906. The number of nitrogens with one attached hydrogen (secondary N) is 1. The molecule has 0 aliphatic heterocycles. The predicted molar refractivity (Wildman–Crippen MR) is 77.5 cm³/mol. The molecule has 0 radical (unpaired) electrons. The van der Waals surface area contributed by atoms with E-state index in [2.05, 4.69) is 25.8 Å². The van der Waals surface area contributed by atoms with Crippen molar-refractivity contribution in [3.63, 3.8) is 0 Å². The van der Waals surface area contributed by atoms with Crippen molar-refractivity contribution in [2.45, 2.75) is 18.7 Å². The molecule has 0 aliphatic carbocycles. The normalized spacial score (nSPS) is 11.4. The minimum Gasteiger partial charge on any atom is -0.497 e. The summed E-state index contributed by atoms with van der Waals surface area (Å²) in [5.74, 6) is 0.552. The van der Waals surface area contributed by atoms with E-state index >= 15 is 0 Å².